The molecule has 32 heavy (non-hydrogen) atoms. The van der Waals surface area contributed by atoms with Gasteiger partial charge in [0.2, 0.25) is 0 Å². The molecule has 11 heteroatoms. The molecule has 0 atom stereocenters. The SMILES string of the molecule is CCOC(=O)c1sc(NC(=S)NC(=O)COc2ccc(C)cc2Cl)c(C(=O)OCC)c1C. The first-order chi connectivity index (χ1) is 15.2. The summed E-state index contributed by atoms with van der Waals surface area (Å²) >= 11 is 12.3. The minimum absolute atomic E-state index is 0.0733. The monoisotopic (exact) mass is 498 g/mol. The maximum atomic E-state index is 12.4. The Morgan fingerprint density at radius 2 is 1.75 bits per heavy atom. The molecule has 0 radical (unpaired) electrons. The van der Waals surface area contributed by atoms with Crippen molar-refractivity contribution in [1.82, 2.24) is 5.32 Å². The van der Waals surface area contributed by atoms with Crippen molar-refractivity contribution >= 4 is 63.1 Å². The zero-order valence-corrected chi connectivity index (χ0v) is 20.4. The highest BCUT2D eigenvalue weighted by molar-refractivity contribution is 7.80. The summed E-state index contributed by atoms with van der Waals surface area (Å²) in [7, 11) is 0. The smallest absolute Gasteiger partial charge is 0.348 e. The highest BCUT2D eigenvalue weighted by Crippen LogP contribution is 2.34. The molecule has 0 fully saturated rings. The zero-order chi connectivity index (χ0) is 23.8. The predicted octanol–water partition coefficient (Wildman–Crippen LogP) is 4.26. The number of anilines is 1. The van der Waals surface area contributed by atoms with Gasteiger partial charge in [0.15, 0.2) is 11.7 Å². The molecule has 0 bridgehead atoms. The molecule has 0 aliphatic carbocycles. The minimum Gasteiger partial charge on any atom is -0.482 e. The molecule has 1 amide bonds. The number of aryl methyl sites for hydroxylation is 1. The molecular weight excluding hydrogens is 476 g/mol. The van der Waals surface area contributed by atoms with Gasteiger partial charge < -0.3 is 19.5 Å². The van der Waals surface area contributed by atoms with Crippen LogP contribution in [-0.4, -0.2) is 42.8 Å². The molecule has 8 nitrogen and oxygen atoms in total. The maximum absolute atomic E-state index is 12.4. The number of esters is 2. The van der Waals surface area contributed by atoms with Gasteiger partial charge >= 0.3 is 11.9 Å². The van der Waals surface area contributed by atoms with Gasteiger partial charge in [-0.1, -0.05) is 17.7 Å². The van der Waals surface area contributed by atoms with Crippen LogP contribution in [0.1, 0.15) is 45.0 Å². The van der Waals surface area contributed by atoms with Crippen LogP contribution in [0.4, 0.5) is 5.00 Å². The van der Waals surface area contributed by atoms with Crippen molar-refractivity contribution in [1.29, 1.82) is 0 Å². The minimum atomic E-state index is -0.620. The molecule has 0 spiro atoms. The van der Waals surface area contributed by atoms with E-state index in [1.165, 1.54) is 0 Å². The van der Waals surface area contributed by atoms with E-state index in [4.69, 9.17) is 38.0 Å². The standard InChI is InChI=1S/C21H23ClN2O6S2/c1-5-28-19(26)16-12(4)17(20(27)29-6-2)32-18(16)24-21(31)23-15(25)10-30-14-8-7-11(3)9-13(14)22/h7-9H,5-6,10H2,1-4H3,(H2,23,24,25,31). The van der Waals surface area contributed by atoms with Crippen molar-refractivity contribution in [3.63, 3.8) is 0 Å². The topological polar surface area (TPSA) is 103 Å². The molecule has 0 aliphatic heterocycles. The van der Waals surface area contributed by atoms with E-state index in [0.717, 1.165) is 16.9 Å². The van der Waals surface area contributed by atoms with Gasteiger partial charge in [-0.25, -0.2) is 9.59 Å². The molecule has 2 N–H and O–H groups in total. The Kier molecular flexibility index (Phi) is 9.42. The van der Waals surface area contributed by atoms with E-state index < -0.39 is 17.8 Å². The number of ether oxygens (including phenoxy) is 3. The van der Waals surface area contributed by atoms with Crippen molar-refractivity contribution in [2.45, 2.75) is 27.7 Å². The van der Waals surface area contributed by atoms with E-state index in [1.807, 2.05) is 13.0 Å². The Morgan fingerprint density at radius 1 is 1.09 bits per heavy atom. The second kappa shape index (κ2) is 11.8. The van der Waals surface area contributed by atoms with Crippen LogP contribution in [0.15, 0.2) is 18.2 Å². The number of thiophene rings is 1. The highest BCUT2D eigenvalue weighted by atomic mass is 35.5. The summed E-state index contributed by atoms with van der Waals surface area (Å²) in [5.41, 5.74) is 1.52. The Morgan fingerprint density at radius 3 is 2.38 bits per heavy atom. The van der Waals surface area contributed by atoms with Crippen molar-refractivity contribution in [2.75, 3.05) is 25.1 Å². The summed E-state index contributed by atoms with van der Waals surface area (Å²) < 4.78 is 15.5. The largest absolute Gasteiger partial charge is 0.482 e. The first-order valence-corrected chi connectivity index (χ1v) is 11.3. The molecule has 172 valence electrons. The van der Waals surface area contributed by atoms with Gasteiger partial charge in [0.1, 0.15) is 15.6 Å². The number of benzene rings is 1. The van der Waals surface area contributed by atoms with E-state index in [-0.39, 0.29) is 40.4 Å². The molecule has 0 aliphatic rings. The van der Waals surface area contributed by atoms with Gasteiger partial charge in [0.05, 0.1) is 23.8 Å². The van der Waals surface area contributed by atoms with Crippen LogP contribution in [0.25, 0.3) is 0 Å². The molecule has 0 saturated carbocycles. The van der Waals surface area contributed by atoms with Gasteiger partial charge in [0, 0.05) is 0 Å². The second-order valence-corrected chi connectivity index (χ2v) is 8.26. The van der Waals surface area contributed by atoms with Crippen LogP contribution in [0.3, 0.4) is 0 Å². The lowest BCUT2D eigenvalue weighted by molar-refractivity contribution is -0.121. The number of rotatable bonds is 8. The van der Waals surface area contributed by atoms with Gasteiger partial charge in [-0.3, -0.25) is 10.1 Å². The number of hydrogen-bond donors (Lipinski definition) is 2. The number of amides is 1. The summed E-state index contributed by atoms with van der Waals surface area (Å²) in [6.45, 7) is 6.87. The molecule has 0 saturated heterocycles. The molecule has 1 aromatic carbocycles. The third-order valence-corrected chi connectivity index (χ3v) is 5.70. The molecule has 2 aromatic rings. The fourth-order valence-electron chi connectivity index (χ4n) is 2.61. The Bertz CT molecular complexity index is 1040. The van der Waals surface area contributed by atoms with E-state index in [0.29, 0.717) is 16.3 Å². The third-order valence-electron chi connectivity index (χ3n) is 4.01. The van der Waals surface area contributed by atoms with Gasteiger partial charge in [-0.15, -0.1) is 11.3 Å². The summed E-state index contributed by atoms with van der Waals surface area (Å²) in [4.78, 5) is 37.1. The maximum Gasteiger partial charge on any atom is 0.348 e. The molecule has 0 unspecified atom stereocenters. The Balaban J connectivity index is 2.10. The van der Waals surface area contributed by atoms with E-state index in [1.54, 1.807) is 32.9 Å². The lowest BCUT2D eigenvalue weighted by atomic mass is 10.1. The van der Waals surface area contributed by atoms with Crippen LogP contribution in [0.5, 0.6) is 5.75 Å². The van der Waals surface area contributed by atoms with Crippen molar-refractivity contribution < 1.29 is 28.6 Å². The number of nitrogens with one attached hydrogen (secondary N) is 2. The van der Waals surface area contributed by atoms with Gasteiger partial charge in [-0.05, 0) is 63.2 Å². The average Bonchev–Trinajstić information content (AvgIpc) is 3.03. The molecule has 2 rings (SSSR count). The van der Waals surface area contributed by atoms with Gasteiger partial charge in [-0.2, -0.15) is 0 Å². The number of halogens is 1. The summed E-state index contributed by atoms with van der Waals surface area (Å²) in [5, 5.41) is 5.82. The van der Waals surface area contributed by atoms with Crippen LogP contribution in [-0.2, 0) is 14.3 Å². The summed E-state index contributed by atoms with van der Waals surface area (Å²) in [6, 6.07) is 5.19. The number of carbonyl (C=O) groups is 3. The molecule has 1 aromatic heterocycles. The summed E-state index contributed by atoms with van der Waals surface area (Å²) in [5.74, 6) is -1.35. The van der Waals surface area contributed by atoms with Crippen LogP contribution in [0.2, 0.25) is 5.02 Å². The van der Waals surface area contributed by atoms with E-state index in [2.05, 4.69) is 10.6 Å². The predicted molar refractivity (Wildman–Crippen MR) is 127 cm³/mol. The average molecular weight is 499 g/mol. The number of thiocarbonyl (C=S) groups is 1. The number of carbonyl (C=O) groups excluding carboxylic acids is 3. The Labute approximate surface area is 200 Å². The zero-order valence-electron chi connectivity index (χ0n) is 18.0. The van der Waals surface area contributed by atoms with Crippen LogP contribution < -0.4 is 15.4 Å². The van der Waals surface area contributed by atoms with Gasteiger partial charge in [0.25, 0.3) is 5.91 Å². The quantitative estimate of drug-likeness (QED) is 0.411. The van der Waals surface area contributed by atoms with Crippen molar-refractivity contribution in [2.24, 2.45) is 0 Å². The first-order valence-electron chi connectivity index (χ1n) is 9.65. The van der Waals surface area contributed by atoms with E-state index >= 15 is 0 Å². The van der Waals surface area contributed by atoms with Crippen LogP contribution in [0, 0.1) is 13.8 Å². The fourth-order valence-corrected chi connectivity index (χ4v) is 4.27. The Hall–Kier alpha value is -2.69. The van der Waals surface area contributed by atoms with Crippen molar-refractivity contribution in [3.8, 4) is 5.75 Å². The lowest BCUT2D eigenvalue weighted by Crippen LogP contribution is -2.37. The normalized spacial score (nSPS) is 10.3. The third kappa shape index (κ3) is 6.65. The first kappa shape index (κ1) is 25.6. The van der Waals surface area contributed by atoms with E-state index in [9.17, 15) is 14.4 Å². The fraction of sp³-hybridized carbons (Fsp3) is 0.333. The number of hydrogen-bond acceptors (Lipinski definition) is 8. The van der Waals surface area contributed by atoms with Crippen LogP contribution >= 0.6 is 35.2 Å². The lowest BCUT2D eigenvalue weighted by Gasteiger charge is -2.11. The second-order valence-electron chi connectivity index (χ2n) is 6.43. The highest BCUT2D eigenvalue weighted by Gasteiger charge is 2.27. The van der Waals surface area contributed by atoms with Crippen molar-refractivity contribution in [3.05, 3.63) is 44.8 Å². The summed E-state index contributed by atoms with van der Waals surface area (Å²) in [6.07, 6.45) is 0. The molecule has 1 heterocycles. The molecular formula is C21H23ClN2O6S2.